The smallest absolute Gasteiger partial charge is 0.357 e. The molecule has 4 aromatic heterocycles. The Morgan fingerprint density at radius 2 is 2.09 bits per heavy atom. The van der Waals surface area contributed by atoms with E-state index in [-0.39, 0.29) is 11.6 Å². The fourth-order valence-electron chi connectivity index (χ4n) is 3.51. The number of rotatable bonds is 5. The third kappa shape index (κ3) is 3.49. The van der Waals surface area contributed by atoms with Crippen LogP contribution in [-0.2, 0) is 11.3 Å². The first-order valence-corrected chi connectivity index (χ1v) is 11.4. The number of nitrogens with zero attached hydrogens (tertiary/aromatic N) is 3. The number of pyridine rings is 1. The first kappa shape index (κ1) is 20.2. The molecule has 0 saturated heterocycles. The number of imidazole rings is 1. The van der Waals surface area contributed by atoms with Crippen molar-refractivity contribution in [1.29, 1.82) is 0 Å². The van der Waals surface area contributed by atoms with Crippen molar-refractivity contribution < 1.29 is 14.3 Å². The van der Waals surface area contributed by atoms with Crippen LogP contribution in [0.2, 0.25) is 0 Å². The summed E-state index contributed by atoms with van der Waals surface area (Å²) < 4.78 is 7.54. The summed E-state index contributed by atoms with van der Waals surface area (Å²) in [6.45, 7) is 0.329. The molecule has 1 aromatic carbocycles. The highest BCUT2D eigenvalue weighted by atomic mass is 32.1. The van der Waals surface area contributed by atoms with Crippen LogP contribution in [-0.4, -0.2) is 33.4 Å². The second kappa shape index (κ2) is 8.06. The van der Waals surface area contributed by atoms with E-state index in [0.717, 1.165) is 21.3 Å². The minimum absolute atomic E-state index is 0.281. The van der Waals surface area contributed by atoms with E-state index >= 15 is 0 Å². The SMILES string of the molecule is COC(=O)c1c(-c2ccsc2)nc2c(C(=O)NCc3ccc4nc(N)sc4c3)cccn12. The van der Waals surface area contributed by atoms with Crippen LogP contribution in [0.4, 0.5) is 5.13 Å². The van der Waals surface area contributed by atoms with E-state index in [2.05, 4.69) is 15.3 Å². The summed E-state index contributed by atoms with van der Waals surface area (Å²) in [5, 5.41) is 7.24. The zero-order valence-corrected chi connectivity index (χ0v) is 18.5. The standard InChI is InChI=1S/C22H17N5O3S2/c1-30-21(29)18-17(13-6-8-31-11-13)26-19-14(3-2-7-27(18)19)20(28)24-10-12-4-5-15-16(9-12)32-22(23)25-15/h2-9,11H,10H2,1H3,(H2,23,25)(H,24,28). The van der Waals surface area contributed by atoms with Gasteiger partial charge in [0, 0.05) is 23.7 Å². The second-order valence-corrected chi connectivity index (χ2v) is 8.81. The number of benzene rings is 1. The maximum atomic E-state index is 13.0. The van der Waals surface area contributed by atoms with Gasteiger partial charge in [0.05, 0.1) is 22.9 Å². The average Bonchev–Trinajstić information content (AvgIpc) is 3.53. The van der Waals surface area contributed by atoms with Gasteiger partial charge >= 0.3 is 5.97 Å². The number of thiophene rings is 1. The Hall–Kier alpha value is -3.76. The second-order valence-electron chi connectivity index (χ2n) is 6.96. The average molecular weight is 464 g/mol. The lowest BCUT2D eigenvalue weighted by molar-refractivity contribution is 0.0593. The Morgan fingerprint density at radius 1 is 1.22 bits per heavy atom. The van der Waals surface area contributed by atoms with Gasteiger partial charge in [0.1, 0.15) is 5.69 Å². The molecular formula is C22H17N5O3S2. The number of fused-ring (bicyclic) bond motifs is 2. The van der Waals surface area contributed by atoms with Crippen LogP contribution >= 0.6 is 22.7 Å². The quantitative estimate of drug-likeness (QED) is 0.382. The van der Waals surface area contributed by atoms with Crippen molar-refractivity contribution in [3.63, 3.8) is 0 Å². The Kier molecular flexibility index (Phi) is 5.08. The Morgan fingerprint density at radius 3 is 2.88 bits per heavy atom. The van der Waals surface area contributed by atoms with Crippen molar-refractivity contribution in [3.8, 4) is 11.3 Å². The Balaban J connectivity index is 1.49. The van der Waals surface area contributed by atoms with E-state index < -0.39 is 5.97 Å². The number of thiazole rings is 1. The third-order valence-electron chi connectivity index (χ3n) is 4.99. The molecule has 5 rings (SSSR count). The third-order valence-corrected chi connectivity index (χ3v) is 6.52. The molecule has 160 valence electrons. The highest BCUT2D eigenvalue weighted by Gasteiger charge is 2.24. The molecule has 32 heavy (non-hydrogen) atoms. The van der Waals surface area contributed by atoms with Crippen molar-refractivity contribution in [2.24, 2.45) is 0 Å². The molecule has 4 heterocycles. The number of ether oxygens (including phenoxy) is 1. The minimum atomic E-state index is -0.520. The number of esters is 1. The maximum absolute atomic E-state index is 13.0. The predicted molar refractivity (Wildman–Crippen MR) is 125 cm³/mol. The number of carbonyl (C=O) groups excluding carboxylic acids is 2. The molecule has 0 fully saturated rings. The minimum Gasteiger partial charge on any atom is -0.464 e. The lowest BCUT2D eigenvalue weighted by Gasteiger charge is -2.07. The number of nitrogen functional groups attached to an aromatic ring is 1. The molecule has 0 radical (unpaired) electrons. The molecular weight excluding hydrogens is 446 g/mol. The van der Waals surface area contributed by atoms with E-state index in [9.17, 15) is 9.59 Å². The molecule has 0 unspecified atom stereocenters. The highest BCUT2D eigenvalue weighted by Crippen LogP contribution is 2.28. The monoisotopic (exact) mass is 463 g/mol. The van der Waals surface area contributed by atoms with Crippen LogP contribution in [0.3, 0.4) is 0 Å². The lowest BCUT2D eigenvalue weighted by atomic mass is 10.2. The van der Waals surface area contributed by atoms with Gasteiger partial charge in [0.25, 0.3) is 5.91 Å². The van der Waals surface area contributed by atoms with Gasteiger partial charge in [-0.1, -0.05) is 17.4 Å². The summed E-state index contributed by atoms with van der Waals surface area (Å²) in [4.78, 5) is 34.4. The van der Waals surface area contributed by atoms with E-state index in [0.29, 0.717) is 28.6 Å². The molecule has 0 atom stereocenters. The number of carbonyl (C=O) groups is 2. The van der Waals surface area contributed by atoms with E-state index in [4.69, 9.17) is 10.5 Å². The summed E-state index contributed by atoms with van der Waals surface area (Å²) in [6.07, 6.45) is 1.70. The number of aromatic nitrogens is 3. The van der Waals surface area contributed by atoms with Crippen molar-refractivity contribution in [2.45, 2.75) is 6.54 Å². The summed E-state index contributed by atoms with van der Waals surface area (Å²) in [5.41, 5.74) is 9.84. The van der Waals surface area contributed by atoms with Crippen molar-refractivity contribution in [3.05, 3.63) is 70.2 Å². The number of nitrogens with one attached hydrogen (secondary N) is 1. The van der Waals surface area contributed by atoms with Gasteiger partial charge < -0.3 is 15.8 Å². The largest absolute Gasteiger partial charge is 0.464 e. The van der Waals surface area contributed by atoms with Gasteiger partial charge in [-0.2, -0.15) is 11.3 Å². The first-order chi connectivity index (χ1) is 15.5. The molecule has 0 aliphatic carbocycles. The summed E-state index contributed by atoms with van der Waals surface area (Å²) in [5.74, 6) is -0.814. The van der Waals surface area contributed by atoms with E-state index in [1.165, 1.54) is 29.8 Å². The number of hydrogen-bond acceptors (Lipinski definition) is 8. The van der Waals surface area contributed by atoms with Gasteiger partial charge in [-0.05, 0) is 41.3 Å². The number of nitrogens with two attached hydrogens (primary N) is 1. The van der Waals surface area contributed by atoms with Crippen molar-refractivity contribution >= 4 is 55.5 Å². The van der Waals surface area contributed by atoms with Crippen LogP contribution in [0.1, 0.15) is 26.4 Å². The molecule has 0 aliphatic rings. The zero-order valence-electron chi connectivity index (χ0n) is 16.9. The molecule has 1 amide bonds. The van der Waals surface area contributed by atoms with E-state index in [1.807, 2.05) is 35.0 Å². The van der Waals surface area contributed by atoms with Crippen LogP contribution in [0.5, 0.6) is 0 Å². The number of amides is 1. The summed E-state index contributed by atoms with van der Waals surface area (Å²) in [7, 11) is 1.32. The first-order valence-electron chi connectivity index (χ1n) is 9.60. The molecule has 10 heteroatoms. The van der Waals surface area contributed by atoms with Gasteiger partial charge in [0.15, 0.2) is 16.5 Å². The molecule has 0 spiro atoms. The van der Waals surface area contributed by atoms with Crippen LogP contribution in [0.25, 0.3) is 27.1 Å². The van der Waals surface area contributed by atoms with E-state index in [1.54, 1.807) is 22.7 Å². The number of methoxy groups -OCH3 is 1. The van der Waals surface area contributed by atoms with Gasteiger partial charge in [-0.15, -0.1) is 0 Å². The summed E-state index contributed by atoms with van der Waals surface area (Å²) in [6, 6.07) is 11.0. The molecule has 3 N–H and O–H groups in total. The zero-order chi connectivity index (χ0) is 22.2. The fourth-order valence-corrected chi connectivity index (χ4v) is 4.95. The van der Waals surface area contributed by atoms with Crippen LogP contribution in [0.15, 0.2) is 53.4 Å². The summed E-state index contributed by atoms with van der Waals surface area (Å²) >= 11 is 2.90. The van der Waals surface area contributed by atoms with Gasteiger partial charge in [-0.25, -0.2) is 14.8 Å². The highest BCUT2D eigenvalue weighted by molar-refractivity contribution is 7.22. The molecule has 8 nitrogen and oxygen atoms in total. The van der Waals surface area contributed by atoms with Crippen LogP contribution in [0, 0.1) is 0 Å². The maximum Gasteiger partial charge on any atom is 0.357 e. The van der Waals surface area contributed by atoms with Gasteiger partial charge in [0.2, 0.25) is 0 Å². The predicted octanol–water partition coefficient (Wildman–Crippen LogP) is 3.97. The Bertz CT molecular complexity index is 1470. The fraction of sp³-hybridized carbons (Fsp3) is 0.0909. The van der Waals surface area contributed by atoms with Crippen LogP contribution < -0.4 is 11.1 Å². The molecule has 0 aliphatic heterocycles. The Labute approximate surface area is 190 Å². The molecule has 0 bridgehead atoms. The number of hydrogen-bond donors (Lipinski definition) is 2. The normalized spacial score (nSPS) is 11.2. The lowest BCUT2D eigenvalue weighted by Crippen LogP contribution is -2.23. The number of anilines is 1. The topological polar surface area (TPSA) is 112 Å². The van der Waals surface area contributed by atoms with Crippen molar-refractivity contribution in [2.75, 3.05) is 12.8 Å². The van der Waals surface area contributed by atoms with Gasteiger partial charge in [-0.3, -0.25) is 9.20 Å². The molecule has 5 aromatic rings. The van der Waals surface area contributed by atoms with Crippen molar-refractivity contribution in [1.82, 2.24) is 19.7 Å². The molecule has 0 saturated carbocycles.